The number of benzene rings is 1. The van der Waals surface area contributed by atoms with E-state index in [2.05, 4.69) is 9.88 Å². The number of nitrogens with zero attached hydrogens (tertiary/aromatic N) is 2. The van der Waals surface area contributed by atoms with Crippen LogP contribution in [0.15, 0.2) is 42.6 Å². The number of ether oxygens (including phenoxy) is 1. The first kappa shape index (κ1) is 15.4. The standard InChI is InChI=1S/C16H20FN3O/c1-20(11-12-4-3-5-14(17)8-12)15(9-18)13-6-7-16(21-2)19-10-13/h3-8,10,15H,9,11,18H2,1-2H3. The predicted octanol–water partition coefficient (Wildman–Crippen LogP) is 2.36. The van der Waals surface area contributed by atoms with E-state index < -0.39 is 0 Å². The van der Waals surface area contributed by atoms with Gasteiger partial charge < -0.3 is 10.5 Å². The summed E-state index contributed by atoms with van der Waals surface area (Å²) in [5, 5.41) is 0. The highest BCUT2D eigenvalue weighted by molar-refractivity contribution is 5.22. The van der Waals surface area contributed by atoms with E-state index in [0.29, 0.717) is 19.0 Å². The van der Waals surface area contributed by atoms with Gasteiger partial charge in [0.05, 0.1) is 7.11 Å². The fourth-order valence-corrected chi connectivity index (χ4v) is 2.31. The van der Waals surface area contributed by atoms with Crippen molar-refractivity contribution in [3.05, 3.63) is 59.5 Å². The van der Waals surface area contributed by atoms with E-state index in [-0.39, 0.29) is 11.9 Å². The van der Waals surface area contributed by atoms with Crippen LogP contribution in [0.25, 0.3) is 0 Å². The lowest BCUT2D eigenvalue weighted by Gasteiger charge is -2.27. The molecule has 2 rings (SSSR count). The Morgan fingerprint density at radius 3 is 2.71 bits per heavy atom. The molecule has 0 amide bonds. The van der Waals surface area contributed by atoms with E-state index >= 15 is 0 Å². The lowest BCUT2D eigenvalue weighted by Crippen LogP contribution is -2.30. The first-order chi connectivity index (χ1) is 10.1. The van der Waals surface area contributed by atoms with Gasteiger partial charge in [0.25, 0.3) is 0 Å². The van der Waals surface area contributed by atoms with Crippen LogP contribution < -0.4 is 10.5 Å². The number of aromatic nitrogens is 1. The summed E-state index contributed by atoms with van der Waals surface area (Å²) in [6, 6.07) is 10.4. The maximum Gasteiger partial charge on any atom is 0.212 e. The Morgan fingerprint density at radius 2 is 2.14 bits per heavy atom. The fourth-order valence-electron chi connectivity index (χ4n) is 2.31. The molecule has 21 heavy (non-hydrogen) atoms. The first-order valence-electron chi connectivity index (χ1n) is 6.78. The van der Waals surface area contributed by atoms with Crippen molar-refractivity contribution in [3.63, 3.8) is 0 Å². The number of hydrogen-bond acceptors (Lipinski definition) is 4. The minimum Gasteiger partial charge on any atom is -0.481 e. The zero-order valence-electron chi connectivity index (χ0n) is 12.3. The van der Waals surface area contributed by atoms with E-state index in [1.807, 2.05) is 25.2 Å². The van der Waals surface area contributed by atoms with Crippen LogP contribution in [0, 0.1) is 5.82 Å². The summed E-state index contributed by atoms with van der Waals surface area (Å²) in [6.45, 7) is 1.07. The molecule has 0 bridgehead atoms. The predicted molar refractivity (Wildman–Crippen MR) is 80.5 cm³/mol. The highest BCUT2D eigenvalue weighted by Crippen LogP contribution is 2.21. The third-order valence-electron chi connectivity index (χ3n) is 3.43. The first-order valence-corrected chi connectivity index (χ1v) is 6.78. The Hall–Kier alpha value is -1.98. The van der Waals surface area contributed by atoms with Crippen LogP contribution in [0.3, 0.4) is 0 Å². The van der Waals surface area contributed by atoms with Crippen LogP contribution in [0.5, 0.6) is 5.88 Å². The van der Waals surface area contributed by atoms with Gasteiger partial charge in [-0.25, -0.2) is 9.37 Å². The molecule has 0 radical (unpaired) electrons. The second-order valence-corrected chi connectivity index (χ2v) is 4.93. The van der Waals surface area contributed by atoms with Crippen molar-refractivity contribution in [2.75, 3.05) is 20.7 Å². The summed E-state index contributed by atoms with van der Waals surface area (Å²) < 4.78 is 18.3. The van der Waals surface area contributed by atoms with Gasteiger partial charge in [-0.2, -0.15) is 0 Å². The number of hydrogen-bond donors (Lipinski definition) is 1. The molecule has 2 N–H and O–H groups in total. The molecule has 0 fully saturated rings. The quantitative estimate of drug-likeness (QED) is 0.887. The minimum absolute atomic E-state index is 0.0201. The van der Waals surface area contributed by atoms with Crippen LogP contribution in [0.2, 0.25) is 0 Å². The largest absolute Gasteiger partial charge is 0.481 e. The summed E-state index contributed by atoms with van der Waals surface area (Å²) in [7, 11) is 3.55. The molecule has 1 atom stereocenters. The maximum absolute atomic E-state index is 13.2. The zero-order chi connectivity index (χ0) is 15.2. The number of rotatable bonds is 6. The third kappa shape index (κ3) is 4.00. The molecule has 112 valence electrons. The van der Waals surface area contributed by atoms with Gasteiger partial charge in [-0.15, -0.1) is 0 Å². The molecule has 5 heteroatoms. The maximum atomic E-state index is 13.2. The Kier molecular flexibility index (Phi) is 5.25. The van der Waals surface area contributed by atoms with Crippen LogP contribution in [-0.4, -0.2) is 30.6 Å². The molecule has 0 saturated carbocycles. The van der Waals surface area contributed by atoms with E-state index in [0.717, 1.165) is 11.1 Å². The Labute approximate surface area is 124 Å². The van der Waals surface area contributed by atoms with Crippen molar-refractivity contribution in [2.24, 2.45) is 5.73 Å². The number of nitrogens with two attached hydrogens (primary N) is 1. The second-order valence-electron chi connectivity index (χ2n) is 4.93. The summed E-state index contributed by atoms with van der Waals surface area (Å²) in [4.78, 5) is 6.29. The molecule has 0 saturated heterocycles. The molecular formula is C16H20FN3O. The molecule has 1 aromatic heterocycles. The second kappa shape index (κ2) is 7.15. The number of pyridine rings is 1. The van der Waals surface area contributed by atoms with Crippen molar-refractivity contribution in [3.8, 4) is 5.88 Å². The van der Waals surface area contributed by atoms with Gasteiger partial charge in [0.1, 0.15) is 5.82 Å². The van der Waals surface area contributed by atoms with Gasteiger partial charge in [-0.3, -0.25) is 4.90 Å². The van der Waals surface area contributed by atoms with Crippen LogP contribution in [0.1, 0.15) is 17.2 Å². The van der Waals surface area contributed by atoms with Crippen LogP contribution in [0.4, 0.5) is 4.39 Å². The number of halogens is 1. The molecule has 1 heterocycles. The molecular weight excluding hydrogens is 269 g/mol. The summed E-state index contributed by atoms with van der Waals surface area (Å²) in [5.41, 5.74) is 7.81. The lowest BCUT2D eigenvalue weighted by molar-refractivity contribution is 0.241. The number of likely N-dealkylation sites (N-methyl/N-ethyl adjacent to an activating group) is 1. The van der Waals surface area contributed by atoms with Crippen molar-refractivity contribution >= 4 is 0 Å². The molecule has 4 nitrogen and oxygen atoms in total. The van der Waals surface area contributed by atoms with E-state index in [1.54, 1.807) is 19.4 Å². The molecule has 0 aliphatic rings. The van der Waals surface area contributed by atoms with Gasteiger partial charge in [0.15, 0.2) is 0 Å². The van der Waals surface area contributed by atoms with E-state index in [1.165, 1.54) is 12.1 Å². The zero-order valence-corrected chi connectivity index (χ0v) is 12.3. The number of methoxy groups -OCH3 is 1. The van der Waals surface area contributed by atoms with Crippen molar-refractivity contribution < 1.29 is 9.13 Å². The van der Waals surface area contributed by atoms with E-state index in [4.69, 9.17) is 10.5 Å². The molecule has 2 aromatic rings. The average Bonchev–Trinajstić information content (AvgIpc) is 2.48. The lowest BCUT2D eigenvalue weighted by atomic mass is 10.1. The van der Waals surface area contributed by atoms with Crippen LogP contribution in [-0.2, 0) is 6.54 Å². The Balaban J connectivity index is 2.12. The van der Waals surface area contributed by atoms with Gasteiger partial charge in [-0.05, 0) is 30.3 Å². The smallest absolute Gasteiger partial charge is 0.212 e. The Morgan fingerprint density at radius 1 is 1.33 bits per heavy atom. The molecule has 1 aromatic carbocycles. The molecule has 1 unspecified atom stereocenters. The van der Waals surface area contributed by atoms with Crippen molar-refractivity contribution in [1.82, 2.24) is 9.88 Å². The third-order valence-corrected chi connectivity index (χ3v) is 3.43. The average molecular weight is 289 g/mol. The van der Waals surface area contributed by atoms with E-state index in [9.17, 15) is 4.39 Å². The monoisotopic (exact) mass is 289 g/mol. The van der Waals surface area contributed by atoms with Crippen molar-refractivity contribution in [2.45, 2.75) is 12.6 Å². The topological polar surface area (TPSA) is 51.4 Å². The minimum atomic E-state index is -0.226. The van der Waals surface area contributed by atoms with Gasteiger partial charge >= 0.3 is 0 Å². The fraction of sp³-hybridized carbons (Fsp3) is 0.312. The highest BCUT2D eigenvalue weighted by Gasteiger charge is 2.16. The van der Waals surface area contributed by atoms with Crippen molar-refractivity contribution in [1.29, 1.82) is 0 Å². The molecule has 0 aliphatic carbocycles. The van der Waals surface area contributed by atoms with Crippen LogP contribution >= 0.6 is 0 Å². The summed E-state index contributed by atoms with van der Waals surface area (Å²) >= 11 is 0. The summed E-state index contributed by atoms with van der Waals surface area (Å²) in [5.74, 6) is 0.346. The van der Waals surface area contributed by atoms with Gasteiger partial charge in [0, 0.05) is 31.4 Å². The van der Waals surface area contributed by atoms with Gasteiger partial charge in [-0.1, -0.05) is 18.2 Å². The molecule has 0 aliphatic heterocycles. The normalized spacial score (nSPS) is 12.4. The summed E-state index contributed by atoms with van der Waals surface area (Å²) in [6.07, 6.45) is 1.76. The highest BCUT2D eigenvalue weighted by atomic mass is 19.1. The Bertz CT molecular complexity index is 574. The van der Waals surface area contributed by atoms with Gasteiger partial charge in [0.2, 0.25) is 5.88 Å². The molecule has 0 spiro atoms. The SMILES string of the molecule is COc1ccc(C(CN)N(C)Cc2cccc(F)c2)cn1.